The van der Waals surface area contributed by atoms with Gasteiger partial charge in [0.05, 0.1) is 0 Å². The Morgan fingerprint density at radius 2 is 1.67 bits per heavy atom. The van der Waals surface area contributed by atoms with Crippen LogP contribution in [0, 0.1) is 20.8 Å². The molecule has 0 aromatic heterocycles. The molecular formula is C15H18. The van der Waals surface area contributed by atoms with Crippen molar-refractivity contribution in [1.29, 1.82) is 0 Å². The van der Waals surface area contributed by atoms with Crippen LogP contribution in [0.25, 0.3) is 5.57 Å². The normalized spacial score (nSPS) is 10.6. The second-order valence-electron chi connectivity index (χ2n) is 3.86. The molecule has 0 aliphatic heterocycles. The van der Waals surface area contributed by atoms with E-state index < -0.39 is 0 Å². The molecule has 0 aliphatic carbocycles. The van der Waals surface area contributed by atoms with E-state index in [9.17, 15) is 0 Å². The van der Waals surface area contributed by atoms with Crippen LogP contribution >= 0.6 is 0 Å². The lowest BCUT2D eigenvalue weighted by Gasteiger charge is -2.08. The Morgan fingerprint density at radius 1 is 1.13 bits per heavy atom. The van der Waals surface area contributed by atoms with Gasteiger partial charge in [0.25, 0.3) is 0 Å². The Balaban J connectivity index is 3.11. The van der Waals surface area contributed by atoms with Crippen molar-refractivity contribution >= 4 is 5.57 Å². The van der Waals surface area contributed by atoms with E-state index >= 15 is 0 Å². The van der Waals surface area contributed by atoms with E-state index in [2.05, 4.69) is 46.1 Å². The van der Waals surface area contributed by atoms with Crippen LogP contribution in [0.2, 0.25) is 0 Å². The first kappa shape index (κ1) is 11.5. The van der Waals surface area contributed by atoms with Gasteiger partial charge >= 0.3 is 0 Å². The van der Waals surface area contributed by atoms with Gasteiger partial charge < -0.3 is 0 Å². The van der Waals surface area contributed by atoms with Gasteiger partial charge in [-0.3, -0.25) is 0 Å². The van der Waals surface area contributed by atoms with E-state index in [0.29, 0.717) is 0 Å². The molecule has 1 aromatic rings. The third-order valence-corrected chi connectivity index (χ3v) is 2.73. The van der Waals surface area contributed by atoms with E-state index in [0.717, 1.165) is 5.57 Å². The molecule has 0 saturated carbocycles. The SMILES string of the molecule is C=C/C=C/C(=C)c1cc(C)c(C)c(C)c1. The first-order valence-corrected chi connectivity index (χ1v) is 5.12. The van der Waals surface area contributed by atoms with Gasteiger partial charge in [-0.05, 0) is 48.6 Å². The first-order valence-electron chi connectivity index (χ1n) is 5.12. The molecule has 0 nitrogen and oxygen atoms in total. The van der Waals surface area contributed by atoms with Crippen LogP contribution in [0.3, 0.4) is 0 Å². The quantitative estimate of drug-likeness (QED) is 0.633. The molecule has 1 aromatic carbocycles. The van der Waals surface area contributed by atoms with Crippen LogP contribution in [-0.4, -0.2) is 0 Å². The van der Waals surface area contributed by atoms with Gasteiger partial charge in [0.15, 0.2) is 0 Å². The molecule has 0 fully saturated rings. The van der Waals surface area contributed by atoms with Gasteiger partial charge in [-0.25, -0.2) is 0 Å². The maximum atomic E-state index is 4.04. The molecule has 0 heterocycles. The van der Waals surface area contributed by atoms with Crippen molar-refractivity contribution in [2.45, 2.75) is 20.8 Å². The number of aryl methyl sites for hydroxylation is 2. The van der Waals surface area contributed by atoms with Crippen molar-refractivity contribution in [2.75, 3.05) is 0 Å². The Hall–Kier alpha value is -1.56. The van der Waals surface area contributed by atoms with Crippen molar-refractivity contribution in [1.82, 2.24) is 0 Å². The minimum atomic E-state index is 1.03. The average Bonchev–Trinajstić information content (AvgIpc) is 2.21. The molecule has 0 aliphatic rings. The van der Waals surface area contributed by atoms with Gasteiger partial charge in [0, 0.05) is 0 Å². The fraction of sp³-hybridized carbons (Fsp3) is 0.200. The molecule has 0 atom stereocenters. The minimum Gasteiger partial charge on any atom is -0.0991 e. The van der Waals surface area contributed by atoms with E-state index in [4.69, 9.17) is 0 Å². The van der Waals surface area contributed by atoms with Crippen LogP contribution in [0.5, 0.6) is 0 Å². The summed E-state index contributed by atoms with van der Waals surface area (Å²) in [6.07, 6.45) is 5.66. The number of hydrogen-bond donors (Lipinski definition) is 0. The second kappa shape index (κ2) is 4.79. The molecule has 15 heavy (non-hydrogen) atoms. The van der Waals surface area contributed by atoms with Crippen LogP contribution < -0.4 is 0 Å². The Kier molecular flexibility index (Phi) is 3.68. The number of hydrogen-bond acceptors (Lipinski definition) is 0. The fourth-order valence-electron chi connectivity index (χ4n) is 1.50. The van der Waals surface area contributed by atoms with Crippen LogP contribution in [0.15, 0.2) is 43.5 Å². The van der Waals surface area contributed by atoms with Crippen molar-refractivity contribution in [3.8, 4) is 0 Å². The highest BCUT2D eigenvalue weighted by Gasteiger charge is 2.01. The molecule has 0 spiro atoms. The predicted molar refractivity (Wildman–Crippen MR) is 69.0 cm³/mol. The molecule has 0 radical (unpaired) electrons. The topological polar surface area (TPSA) is 0 Å². The lowest BCUT2D eigenvalue weighted by molar-refractivity contribution is 1.26. The van der Waals surface area contributed by atoms with Crippen molar-refractivity contribution in [3.05, 3.63) is 65.8 Å². The number of rotatable bonds is 3. The molecular weight excluding hydrogens is 180 g/mol. The van der Waals surface area contributed by atoms with Crippen molar-refractivity contribution in [2.24, 2.45) is 0 Å². The van der Waals surface area contributed by atoms with E-state index in [-0.39, 0.29) is 0 Å². The molecule has 0 saturated heterocycles. The third-order valence-electron chi connectivity index (χ3n) is 2.73. The number of allylic oxidation sites excluding steroid dienone is 4. The molecule has 1 rings (SSSR count). The smallest absolute Gasteiger partial charge is 0.0185 e. The van der Waals surface area contributed by atoms with E-state index in [1.807, 2.05) is 12.2 Å². The maximum absolute atomic E-state index is 4.04. The van der Waals surface area contributed by atoms with Gasteiger partial charge in [-0.15, -0.1) is 0 Å². The summed E-state index contributed by atoms with van der Waals surface area (Å²) in [7, 11) is 0. The summed E-state index contributed by atoms with van der Waals surface area (Å²) in [6, 6.07) is 4.36. The average molecular weight is 198 g/mol. The molecule has 0 N–H and O–H groups in total. The minimum absolute atomic E-state index is 1.03. The summed E-state index contributed by atoms with van der Waals surface area (Å²) in [4.78, 5) is 0. The highest BCUT2D eigenvalue weighted by atomic mass is 14.1. The summed E-state index contributed by atoms with van der Waals surface area (Å²) in [5, 5.41) is 0. The zero-order chi connectivity index (χ0) is 11.4. The zero-order valence-electron chi connectivity index (χ0n) is 9.80. The van der Waals surface area contributed by atoms with E-state index in [1.54, 1.807) is 6.08 Å². The van der Waals surface area contributed by atoms with Crippen LogP contribution in [0.1, 0.15) is 22.3 Å². The third kappa shape index (κ3) is 2.69. The van der Waals surface area contributed by atoms with Crippen LogP contribution in [-0.2, 0) is 0 Å². The lowest BCUT2D eigenvalue weighted by atomic mass is 9.97. The largest absolute Gasteiger partial charge is 0.0991 e. The zero-order valence-corrected chi connectivity index (χ0v) is 9.80. The summed E-state index contributed by atoms with van der Waals surface area (Å²) < 4.78 is 0. The summed E-state index contributed by atoms with van der Waals surface area (Å²) in [5.74, 6) is 0. The predicted octanol–water partition coefficient (Wildman–Crippen LogP) is 4.37. The van der Waals surface area contributed by atoms with Gasteiger partial charge in [0.2, 0.25) is 0 Å². The van der Waals surface area contributed by atoms with Crippen LogP contribution in [0.4, 0.5) is 0 Å². The number of benzene rings is 1. The van der Waals surface area contributed by atoms with Gasteiger partial charge in [-0.1, -0.05) is 43.5 Å². The molecule has 0 heteroatoms. The van der Waals surface area contributed by atoms with Gasteiger partial charge in [0.1, 0.15) is 0 Å². The standard InChI is InChI=1S/C15H18/c1-6-7-8-11(2)15-9-12(3)14(5)13(4)10-15/h6-10H,1-2H2,3-5H3/b8-7+. The fourth-order valence-corrected chi connectivity index (χ4v) is 1.50. The molecule has 78 valence electrons. The van der Waals surface area contributed by atoms with E-state index in [1.165, 1.54) is 22.3 Å². The summed E-state index contributed by atoms with van der Waals surface area (Å²) >= 11 is 0. The van der Waals surface area contributed by atoms with Gasteiger partial charge in [-0.2, -0.15) is 0 Å². The molecule has 0 amide bonds. The summed E-state index contributed by atoms with van der Waals surface area (Å²) in [6.45, 7) is 14.1. The Labute approximate surface area is 92.6 Å². The van der Waals surface area contributed by atoms with Crippen molar-refractivity contribution in [3.63, 3.8) is 0 Å². The summed E-state index contributed by atoms with van der Waals surface area (Å²) in [5.41, 5.74) is 6.21. The second-order valence-corrected chi connectivity index (χ2v) is 3.86. The van der Waals surface area contributed by atoms with Crippen molar-refractivity contribution < 1.29 is 0 Å². The lowest BCUT2D eigenvalue weighted by Crippen LogP contribution is -1.90. The molecule has 0 bridgehead atoms. The highest BCUT2D eigenvalue weighted by Crippen LogP contribution is 2.21. The Bertz CT molecular complexity index is 397. The molecule has 0 unspecified atom stereocenters. The Morgan fingerprint density at radius 3 is 2.13 bits per heavy atom. The highest BCUT2D eigenvalue weighted by molar-refractivity contribution is 5.73. The first-order chi connectivity index (χ1) is 7.06. The maximum Gasteiger partial charge on any atom is -0.0185 e. The monoisotopic (exact) mass is 198 g/mol.